The van der Waals surface area contributed by atoms with E-state index in [9.17, 15) is 13.2 Å². The lowest BCUT2D eigenvalue weighted by Gasteiger charge is -2.34. The summed E-state index contributed by atoms with van der Waals surface area (Å²) < 4.78 is 40.6. The van der Waals surface area contributed by atoms with Gasteiger partial charge in [-0.05, 0) is 30.7 Å². The van der Waals surface area contributed by atoms with Gasteiger partial charge < -0.3 is 20.5 Å². The van der Waals surface area contributed by atoms with Crippen LogP contribution in [-0.2, 0) is 19.3 Å². The van der Waals surface area contributed by atoms with Crippen LogP contribution in [0.4, 0.5) is 30.5 Å². The van der Waals surface area contributed by atoms with Crippen molar-refractivity contribution in [3.05, 3.63) is 66.0 Å². The van der Waals surface area contributed by atoms with Crippen LogP contribution in [0.3, 0.4) is 0 Å². The van der Waals surface area contributed by atoms with Gasteiger partial charge in [-0.25, -0.2) is 9.97 Å². The quantitative estimate of drug-likeness (QED) is 0.481. The Balaban J connectivity index is 1.31. The van der Waals surface area contributed by atoms with Crippen molar-refractivity contribution in [1.29, 1.82) is 0 Å². The fraction of sp³-hybridized carbons (Fsp3) is 0.273. The average Bonchev–Trinajstić information content (AvgIpc) is 3.25. The number of nitrogen functional groups attached to an aromatic ring is 1. The van der Waals surface area contributed by atoms with Crippen LogP contribution in [0.2, 0.25) is 0 Å². The van der Waals surface area contributed by atoms with Crippen molar-refractivity contribution in [2.24, 2.45) is 0 Å². The highest BCUT2D eigenvalue weighted by Crippen LogP contribution is 2.34. The Morgan fingerprint density at radius 3 is 2.67 bits per heavy atom. The number of nitrogens with zero attached hydrogens (tertiary/aromatic N) is 6. The molecule has 0 aliphatic carbocycles. The Morgan fingerprint density at radius 1 is 1.06 bits per heavy atom. The van der Waals surface area contributed by atoms with Gasteiger partial charge in [-0.3, -0.25) is 0 Å². The zero-order valence-electron chi connectivity index (χ0n) is 17.7. The summed E-state index contributed by atoms with van der Waals surface area (Å²) in [5.41, 5.74) is 7.87. The molecule has 0 bridgehead atoms. The van der Waals surface area contributed by atoms with Crippen LogP contribution >= 0.6 is 0 Å². The van der Waals surface area contributed by atoms with Crippen LogP contribution in [0.15, 0.2) is 48.8 Å². The molecule has 4 heterocycles. The van der Waals surface area contributed by atoms with Gasteiger partial charge in [0.05, 0.1) is 6.04 Å². The van der Waals surface area contributed by atoms with Gasteiger partial charge in [0.1, 0.15) is 11.6 Å². The predicted octanol–water partition coefficient (Wildman–Crippen LogP) is 4.02. The zero-order valence-corrected chi connectivity index (χ0v) is 17.7. The monoisotopic (exact) mass is 454 g/mol. The van der Waals surface area contributed by atoms with E-state index in [0.29, 0.717) is 24.7 Å². The minimum atomic E-state index is -4.52. The molecule has 1 aliphatic rings. The molecular weight excluding hydrogens is 433 g/mol. The number of aromatic nitrogens is 5. The third-order valence-corrected chi connectivity index (χ3v) is 5.86. The van der Waals surface area contributed by atoms with Gasteiger partial charge in [0.15, 0.2) is 5.82 Å². The Hall–Kier alpha value is -3.89. The van der Waals surface area contributed by atoms with Gasteiger partial charge in [-0.15, -0.1) is 10.2 Å². The first-order chi connectivity index (χ1) is 15.8. The van der Waals surface area contributed by atoms with Crippen LogP contribution in [-0.4, -0.2) is 31.3 Å². The van der Waals surface area contributed by atoms with Crippen molar-refractivity contribution in [3.8, 4) is 0 Å². The van der Waals surface area contributed by atoms with E-state index in [0.717, 1.165) is 26.6 Å². The number of anilines is 3. The van der Waals surface area contributed by atoms with Crippen molar-refractivity contribution < 1.29 is 13.2 Å². The SMILES string of the molecule is CC1c2nnc(C(F)(F)F)n2CCN1c1ccc(CNc2cccc3c(N)nccc23)cn1. The highest BCUT2D eigenvalue weighted by Gasteiger charge is 2.41. The molecule has 0 saturated carbocycles. The van der Waals surface area contributed by atoms with Crippen molar-refractivity contribution in [3.63, 3.8) is 0 Å². The molecule has 4 aromatic rings. The molecule has 0 amide bonds. The summed E-state index contributed by atoms with van der Waals surface area (Å²) in [4.78, 5) is 10.6. The van der Waals surface area contributed by atoms with Gasteiger partial charge in [-0.1, -0.05) is 18.2 Å². The number of rotatable bonds is 4. The van der Waals surface area contributed by atoms with Gasteiger partial charge in [0.2, 0.25) is 5.82 Å². The van der Waals surface area contributed by atoms with Crippen molar-refractivity contribution in [1.82, 2.24) is 24.7 Å². The molecule has 5 rings (SSSR count). The lowest BCUT2D eigenvalue weighted by molar-refractivity contribution is -0.147. The van der Waals surface area contributed by atoms with E-state index in [1.165, 1.54) is 0 Å². The standard InChI is InChI=1S/C22H21F3N8/c1-13-20-30-31-21(22(23,24)25)33(20)10-9-32(13)18-6-5-14(12-29-18)11-28-17-4-2-3-16-15(17)7-8-27-19(16)26/h2-8,12-13,28H,9-11H2,1H3,(H2,26,27). The van der Waals surface area contributed by atoms with Crippen LogP contribution in [0.5, 0.6) is 0 Å². The van der Waals surface area contributed by atoms with E-state index in [-0.39, 0.29) is 18.4 Å². The lowest BCUT2D eigenvalue weighted by Crippen LogP contribution is -2.38. The fourth-order valence-corrected chi connectivity index (χ4v) is 4.18. The summed E-state index contributed by atoms with van der Waals surface area (Å²) in [7, 11) is 0. The number of halogens is 3. The van der Waals surface area contributed by atoms with Crippen LogP contribution in [0, 0.1) is 0 Å². The van der Waals surface area contributed by atoms with E-state index in [2.05, 4.69) is 25.5 Å². The number of alkyl halides is 3. The minimum Gasteiger partial charge on any atom is -0.383 e. The maximum Gasteiger partial charge on any atom is 0.451 e. The number of pyridine rings is 2. The first-order valence-electron chi connectivity index (χ1n) is 10.4. The van der Waals surface area contributed by atoms with Gasteiger partial charge in [-0.2, -0.15) is 13.2 Å². The number of hydrogen-bond donors (Lipinski definition) is 2. The lowest BCUT2D eigenvalue weighted by atomic mass is 10.1. The van der Waals surface area contributed by atoms with Crippen molar-refractivity contribution in [2.75, 3.05) is 22.5 Å². The molecule has 1 unspecified atom stereocenters. The first-order valence-corrected chi connectivity index (χ1v) is 10.4. The predicted molar refractivity (Wildman–Crippen MR) is 119 cm³/mol. The molecule has 8 nitrogen and oxygen atoms in total. The summed E-state index contributed by atoms with van der Waals surface area (Å²) in [5, 5.41) is 12.4. The number of fused-ring (bicyclic) bond motifs is 2. The van der Waals surface area contributed by atoms with E-state index in [1.807, 2.05) is 41.3 Å². The van der Waals surface area contributed by atoms with Crippen molar-refractivity contribution in [2.45, 2.75) is 32.2 Å². The first kappa shape index (κ1) is 21.0. The highest BCUT2D eigenvalue weighted by molar-refractivity contribution is 5.99. The molecule has 11 heteroatoms. The Kier molecular flexibility index (Phi) is 5.03. The molecule has 33 heavy (non-hydrogen) atoms. The number of benzene rings is 1. The van der Waals surface area contributed by atoms with Gasteiger partial charge in [0.25, 0.3) is 0 Å². The molecule has 0 saturated heterocycles. The Labute approximate surface area is 187 Å². The zero-order chi connectivity index (χ0) is 23.2. The smallest absolute Gasteiger partial charge is 0.383 e. The van der Waals surface area contributed by atoms with Gasteiger partial charge >= 0.3 is 6.18 Å². The highest BCUT2D eigenvalue weighted by atomic mass is 19.4. The summed E-state index contributed by atoms with van der Waals surface area (Å²) in [6, 6.07) is 11.2. The molecule has 3 N–H and O–H groups in total. The summed E-state index contributed by atoms with van der Waals surface area (Å²) >= 11 is 0. The Morgan fingerprint density at radius 2 is 1.91 bits per heavy atom. The Bertz CT molecular complexity index is 1300. The summed E-state index contributed by atoms with van der Waals surface area (Å²) in [6.45, 7) is 2.88. The van der Waals surface area contributed by atoms with E-state index in [4.69, 9.17) is 5.73 Å². The van der Waals surface area contributed by atoms with Crippen LogP contribution in [0.1, 0.15) is 30.2 Å². The van der Waals surface area contributed by atoms with Crippen molar-refractivity contribution >= 4 is 28.1 Å². The summed E-state index contributed by atoms with van der Waals surface area (Å²) in [6.07, 6.45) is -1.08. The van der Waals surface area contributed by atoms with E-state index < -0.39 is 12.0 Å². The normalized spacial score (nSPS) is 16.1. The third kappa shape index (κ3) is 3.79. The van der Waals surface area contributed by atoms with E-state index >= 15 is 0 Å². The average molecular weight is 454 g/mol. The molecule has 1 atom stereocenters. The molecule has 1 aliphatic heterocycles. The van der Waals surface area contributed by atoms with Crippen LogP contribution < -0.4 is 16.0 Å². The number of hydrogen-bond acceptors (Lipinski definition) is 7. The van der Waals surface area contributed by atoms with Gasteiger partial charge in [0, 0.05) is 48.5 Å². The topological polar surface area (TPSA) is 97.8 Å². The largest absolute Gasteiger partial charge is 0.451 e. The maximum atomic E-state index is 13.1. The molecule has 170 valence electrons. The second kappa shape index (κ2) is 7.91. The molecule has 0 spiro atoms. The molecule has 0 radical (unpaired) electrons. The molecule has 1 aromatic carbocycles. The number of nitrogens with one attached hydrogen (secondary N) is 1. The second-order valence-corrected chi connectivity index (χ2v) is 7.88. The molecule has 3 aromatic heterocycles. The minimum absolute atomic E-state index is 0.144. The summed E-state index contributed by atoms with van der Waals surface area (Å²) in [5.74, 6) is 0.490. The molecular formula is C22H21F3N8. The molecule has 0 fully saturated rings. The number of nitrogens with two attached hydrogens (primary N) is 1. The van der Waals surface area contributed by atoms with E-state index in [1.54, 1.807) is 19.3 Å². The maximum absolute atomic E-state index is 13.1. The van der Waals surface area contributed by atoms with Crippen LogP contribution in [0.25, 0.3) is 10.8 Å². The second-order valence-electron chi connectivity index (χ2n) is 7.88. The fourth-order valence-electron chi connectivity index (χ4n) is 4.18. The third-order valence-electron chi connectivity index (χ3n) is 5.86.